The number of ether oxygens (including phenoxy) is 1. The highest BCUT2D eigenvalue weighted by Crippen LogP contribution is 2.21. The van der Waals surface area contributed by atoms with Crippen molar-refractivity contribution in [2.75, 3.05) is 53.0 Å². The van der Waals surface area contributed by atoms with E-state index >= 15 is 0 Å². The van der Waals surface area contributed by atoms with Gasteiger partial charge in [0, 0.05) is 45.2 Å². The summed E-state index contributed by atoms with van der Waals surface area (Å²) in [6.45, 7) is 10.8. The van der Waals surface area contributed by atoms with Crippen molar-refractivity contribution >= 4 is 5.91 Å². The summed E-state index contributed by atoms with van der Waals surface area (Å²) in [5.74, 6) is 1.05. The monoisotopic (exact) mass is 283 g/mol. The number of nitrogens with one attached hydrogen (secondary N) is 1. The van der Waals surface area contributed by atoms with Gasteiger partial charge in [-0.2, -0.15) is 0 Å². The summed E-state index contributed by atoms with van der Waals surface area (Å²) in [5.41, 5.74) is 0. The first-order valence-electron chi connectivity index (χ1n) is 7.89. The van der Waals surface area contributed by atoms with Gasteiger partial charge in [0.15, 0.2) is 0 Å². The van der Waals surface area contributed by atoms with Gasteiger partial charge in [0.25, 0.3) is 0 Å². The van der Waals surface area contributed by atoms with Crippen molar-refractivity contribution in [1.29, 1.82) is 0 Å². The van der Waals surface area contributed by atoms with Gasteiger partial charge in [-0.1, -0.05) is 13.8 Å². The van der Waals surface area contributed by atoms with Gasteiger partial charge in [-0.05, 0) is 25.4 Å². The second kappa shape index (κ2) is 7.38. The number of piperazine rings is 1. The van der Waals surface area contributed by atoms with Crippen LogP contribution in [0.5, 0.6) is 0 Å². The zero-order chi connectivity index (χ0) is 14.5. The highest BCUT2D eigenvalue weighted by molar-refractivity contribution is 5.79. The second-order valence-corrected chi connectivity index (χ2v) is 6.08. The molecule has 2 fully saturated rings. The third-order valence-electron chi connectivity index (χ3n) is 4.88. The maximum Gasteiger partial charge on any atom is 0.225 e. The Balaban J connectivity index is 1.86. The van der Waals surface area contributed by atoms with Crippen LogP contribution in [0.15, 0.2) is 0 Å². The first-order chi connectivity index (χ1) is 9.67. The molecule has 2 aliphatic rings. The molecule has 0 aromatic carbocycles. The Bertz CT molecular complexity index is 320. The molecule has 0 spiro atoms. The number of methoxy groups -OCH3 is 1. The Hall–Kier alpha value is -0.650. The lowest BCUT2D eigenvalue weighted by Crippen LogP contribution is -2.58. The number of rotatable bonds is 6. The zero-order valence-electron chi connectivity index (χ0n) is 13.1. The fourth-order valence-corrected chi connectivity index (χ4v) is 3.14. The third-order valence-corrected chi connectivity index (χ3v) is 4.88. The first-order valence-corrected chi connectivity index (χ1v) is 7.89. The van der Waals surface area contributed by atoms with E-state index in [1.165, 1.54) is 0 Å². The SMILES string of the molecule is CCC1CN(C(=O)C(C)C2CNC2)CCN1CCOC. The van der Waals surface area contributed by atoms with Crippen molar-refractivity contribution in [3.63, 3.8) is 0 Å². The number of amides is 1. The molecule has 2 saturated heterocycles. The number of carbonyl (C=O) groups excluding carboxylic acids is 1. The van der Waals surface area contributed by atoms with Gasteiger partial charge >= 0.3 is 0 Å². The van der Waals surface area contributed by atoms with E-state index < -0.39 is 0 Å². The molecule has 5 heteroatoms. The molecule has 2 atom stereocenters. The zero-order valence-corrected chi connectivity index (χ0v) is 13.1. The summed E-state index contributed by atoms with van der Waals surface area (Å²) < 4.78 is 5.17. The van der Waals surface area contributed by atoms with Crippen LogP contribution in [0.3, 0.4) is 0 Å². The van der Waals surface area contributed by atoms with Gasteiger partial charge in [-0.3, -0.25) is 9.69 Å². The van der Waals surface area contributed by atoms with Crippen LogP contribution in [0.25, 0.3) is 0 Å². The average molecular weight is 283 g/mol. The maximum atomic E-state index is 12.6. The molecular weight excluding hydrogens is 254 g/mol. The lowest BCUT2D eigenvalue weighted by atomic mass is 9.87. The summed E-state index contributed by atoms with van der Waals surface area (Å²) in [6.07, 6.45) is 1.09. The molecular formula is C15H29N3O2. The van der Waals surface area contributed by atoms with E-state index in [0.717, 1.165) is 52.3 Å². The van der Waals surface area contributed by atoms with Crippen molar-refractivity contribution in [2.24, 2.45) is 11.8 Å². The largest absolute Gasteiger partial charge is 0.383 e. The van der Waals surface area contributed by atoms with Gasteiger partial charge < -0.3 is 15.0 Å². The summed E-state index contributed by atoms with van der Waals surface area (Å²) in [4.78, 5) is 17.1. The first kappa shape index (κ1) is 15.7. The van der Waals surface area contributed by atoms with Crippen LogP contribution >= 0.6 is 0 Å². The molecule has 5 nitrogen and oxygen atoms in total. The summed E-state index contributed by atoms with van der Waals surface area (Å²) in [7, 11) is 1.75. The molecule has 0 aromatic heterocycles. The number of hydrogen-bond donors (Lipinski definition) is 1. The third kappa shape index (κ3) is 3.51. The Morgan fingerprint density at radius 3 is 2.70 bits per heavy atom. The van der Waals surface area contributed by atoms with Gasteiger partial charge in [0.2, 0.25) is 5.91 Å². The standard InChI is InChI=1S/C15H29N3O2/c1-4-14-11-18(6-5-17(14)7-8-20-3)15(19)12(2)13-9-16-10-13/h12-14,16H,4-11H2,1-3H3. The maximum absolute atomic E-state index is 12.6. The van der Waals surface area contributed by atoms with Crippen molar-refractivity contribution in [3.8, 4) is 0 Å². The lowest BCUT2D eigenvalue weighted by Gasteiger charge is -2.43. The summed E-state index contributed by atoms with van der Waals surface area (Å²) in [5, 5.41) is 3.26. The molecule has 1 N–H and O–H groups in total. The van der Waals surface area contributed by atoms with Crippen LogP contribution in [0.4, 0.5) is 0 Å². The quantitative estimate of drug-likeness (QED) is 0.767. The topological polar surface area (TPSA) is 44.8 Å². The second-order valence-electron chi connectivity index (χ2n) is 6.08. The fraction of sp³-hybridized carbons (Fsp3) is 0.933. The van der Waals surface area contributed by atoms with Crippen LogP contribution in [-0.4, -0.2) is 74.7 Å². The van der Waals surface area contributed by atoms with Crippen LogP contribution in [0.1, 0.15) is 20.3 Å². The molecule has 2 heterocycles. The van der Waals surface area contributed by atoms with Gasteiger partial charge in [0.1, 0.15) is 0 Å². The van der Waals surface area contributed by atoms with E-state index in [2.05, 4.69) is 29.0 Å². The van der Waals surface area contributed by atoms with Gasteiger partial charge in [0.05, 0.1) is 6.61 Å². The van der Waals surface area contributed by atoms with Crippen LogP contribution in [-0.2, 0) is 9.53 Å². The van der Waals surface area contributed by atoms with Gasteiger partial charge in [-0.25, -0.2) is 0 Å². The number of hydrogen-bond acceptors (Lipinski definition) is 4. The smallest absolute Gasteiger partial charge is 0.225 e. The van der Waals surface area contributed by atoms with Crippen molar-refractivity contribution in [2.45, 2.75) is 26.3 Å². The molecule has 2 rings (SSSR count). The highest BCUT2D eigenvalue weighted by atomic mass is 16.5. The van der Waals surface area contributed by atoms with E-state index in [1.54, 1.807) is 7.11 Å². The van der Waals surface area contributed by atoms with E-state index in [9.17, 15) is 4.79 Å². The summed E-state index contributed by atoms with van der Waals surface area (Å²) >= 11 is 0. The van der Waals surface area contributed by atoms with E-state index in [1.807, 2.05) is 0 Å². The van der Waals surface area contributed by atoms with Crippen molar-refractivity contribution in [1.82, 2.24) is 15.1 Å². The van der Waals surface area contributed by atoms with E-state index in [4.69, 9.17) is 4.74 Å². The molecule has 2 aliphatic heterocycles. The Labute approximate surface area is 122 Å². The Morgan fingerprint density at radius 1 is 1.40 bits per heavy atom. The average Bonchev–Trinajstić information content (AvgIpc) is 2.42. The number of nitrogens with zero attached hydrogens (tertiary/aromatic N) is 2. The molecule has 0 aromatic rings. The van der Waals surface area contributed by atoms with Crippen molar-refractivity contribution < 1.29 is 9.53 Å². The van der Waals surface area contributed by atoms with Gasteiger partial charge in [-0.15, -0.1) is 0 Å². The molecule has 20 heavy (non-hydrogen) atoms. The molecule has 116 valence electrons. The minimum Gasteiger partial charge on any atom is -0.383 e. The predicted molar refractivity (Wildman–Crippen MR) is 79.6 cm³/mol. The van der Waals surface area contributed by atoms with E-state index in [0.29, 0.717) is 17.9 Å². The highest BCUT2D eigenvalue weighted by Gasteiger charge is 2.34. The molecule has 1 amide bonds. The molecule has 0 bridgehead atoms. The molecule has 0 aliphatic carbocycles. The number of carbonyl (C=O) groups is 1. The Morgan fingerprint density at radius 2 is 2.15 bits per heavy atom. The predicted octanol–water partition coefficient (Wildman–Crippen LogP) is 0.411. The van der Waals surface area contributed by atoms with Crippen molar-refractivity contribution in [3.05, 3.63) is 0 Å². The van der Waals surface area contributed by atoms with Crippen LogP contribution < -0.4 is 5.32 Å². The molecule has 0 radical (unpaired) electrons. The lowest BCUT2D eigenvalue weighted by molar-refractivity contribution is -0.140. The summed E-state index contributed by atoms with van der Waals surface area (Å²) in [6, 6.07) is 0.481. The van der Waals surface area contributed by atoms with Crippen LogP contribution in [0.2, 0.25) is 0 Å². The minimum atomic E-state index is 0.166. The fourth-order valence-electron chi connectivity index (χ4n) is 3.14. The minimum absolute atomic E-state index is 0.166. The normalized spacial score (nSPS) is 26.4. The molecule has 0 saturated carbocycles. The Kier molecular flexibility index (Phi) is 5.81. The molecule has 2 unspecified atom stereocenters. The van der Waals surface area contributed by atoms with E-state index in [-0.39, 0.29) is 5.92 Å². The van der Waals surface area contributed by atoms with Crippen LogP contribution in [0, 0.1) is 11.8 Å².